The second-order valence-corrected chi connectivity index (χ2v) is 4.86. The monoisotopic (exact) mass is 185 g/mol. The first kappa shape index (κ1) is 11.0. The molecule has 0 radical (unpaired) electrons. The van der Waals surface area contributed by atoms with Crippen LogP contribution in [0.2, 0.25) is 0 Å². The fourth-order valence-electron chi connectivity index (χ4n) is 2.42. The molecule has 1 unspecified atom stereocenters. The van der Waals surface area contributed by atoms with Gasteiger partial charge in [-0.3, -0.25) is 0 Å². The molecule has 1 aliphatic carbocycles. The number of hydrogen-bond acceptors (Lipinski definition) is 2. The van der Waals surface area contributed by atoms with Gasteiger partial charge in [0.1, 0.15) is 0 Å². The largest absolute Gasteiger partial charge is 0.390 e. The van der Waals surface area contributed by atoms with Crippen molar-refractivity contribution in [1.29, 1.82) is 0 Å². The molecule has 3 N–H and O–H groups in total. The van der Waals surface area contributed by atoms with E-state index in [-0.39, 0.29) is 0 Å². The van der Waals surface area contributed by atoms with E-state index in [9.17, 15) is 5.11 Å². The van der Waals surface area contributed by atoms with Crippen molar-refractivity contribution in [3.63, 3.8) is 0 Å². The van der Waals surface area contributed by atoms with Gasteiger partial charge in [0.25, 0.3) is 0 Å². The predicted octanol–water partition coefficient (Wildman–Crippen LogP) is 1.77. The van der Waals surface area contributed by atoms with Crippen molar-refractivity contribution >= 4 is 0 Å². The Balaban J connectivity index is 2.44. The van der Waals surface area contributed by atoms with E-state index in [2.05, 4.69) is 20.8 Å². The van der Waals surface area contributed by atoms with Gasteiger partial charge in [0.05, 0.1) is 5.60 Å². The predicted molar refractivity (Wildman–Crippen MR) is 55.3 cm³/mol. The van der Waals surface area contributed by atoms with Gasteiger partial charge in [0, 0.05) is 0 Å². The van der Waals surface area contributed by atoms with Crippen LogP contribution >= 0.6 is 0 Å². The van der Waals surface area contributed by atoms with Gasteiger partial charge in [0.2, 0.25) is 0 Å². The Labute approximate surface area is 81.5 Å². The lowest BCUT2D eigenvalue weighted by Crippen LogP contribution is -2.53. The molecule has 0 aromatic heterocycles. The number of hydrogen-bond donors (Lipinski definition) is 2. The van der Waals surface area contributed by atoms with Crippen LogP contribution in [0.25, 0.3) is 0 Å². The van der Waals surface area contributed by atoms with Crippen molar-refractivity contribution < 1.29 is 5.11 Å². The van der Waals surface area contributed by atoms with Crippen LogP contribution in [0.4, 0.5) is 0 Å². The van der Waals surface area contributed by atoms with Crippen molar-refractivity contribution in [1.82, 2.24) is 0 Å². The van der Waals surface area contributed by atoms with Crippen LogP contribution in [0.15, 0.2) is 0 Å². The van der Waals surface area contributed by atoms with Gasteiger partial charge < -0.3 is 10.8 Å². The van der Waals surface area contributed by atoms with Gasteiger partial charge in [-0.15, -0.1) is 0 Å². The van der Waals surface area contributed by atoms with Crippen molar-refractivity contribution in [2.24, 2.45) is 23.5 Å². The fourth-order valence-corrected chi connectivity index (χ4v) is 2.42. The summed E-state index contributed by atoms with van der Waals surface area (Å²) in [6, 6.07) is 0. The highest BCUT2D eigenvalue weighted by molar-refractivity contribution is 4.99. The molecular weight excluding hydrogens is 162 g/mol. The standard InChI is InChI=1S/C11H23NO/c1-4-10(7-12)11(13)5-9(6-11)8(2)3/h8-10,13H,4-7,12H2,1-3H3. The van der Waals surface area contributed by atoms with E-state index in [1.165, 1.54) is 0 Å². The maximum Gasteiger partial charge on any atom is 0.0693 e. The molecule has 0 aromatic rings. The van der Waals surface area contributed by atoms with E-state index in [0.717, 1.165) is 19.3 Å². The number of rotatable bonds is 4. The maximum atomic E-state index is 10.2. The molecule has 2 heteroatoms. The second kappa shape index (κ2) is 3.97. The van der Waals surface area contributed by atoms with E-state index in [1.54, 1.807) is 0 Å². The van der Waals surface area contributed by atoms with Gasteiger partial charge in [0.15, 0.2) is 0 Å². The fraction of sp³-hybridized carbons (Fsp3) is 1.00. The zero-order valence-electron chi connectivity index (χ0n) is 9.09. The summed E-state index contributed by atoms with van der Waals surface area (Å²) in [6.45, 7) is 7.19. The van der Waals surface area contributed by atoms with Crippen LogP contribution in [-0.2, 0) is 0 Å². The lowest BCUT2D eigenvalue weighted by molar-refractivity contribution is -0.127. The molecule has 13 heavy (non-hydrogen) atoms. The molecule has 1 aliphatic rings. The summed E-state index contributed by atoms with van der Waals surface area (Å²) in [5.74, 6) is 1.73. The molecular formula is C11H23NO. The van der Waals surface area contributed by atoms with Crippen LogP contribution in [0.3, 0.4) is 0 Å². The molecule has 0 heterocycles. The first-order valence-corrected chi connectivity index (χ1v) is 5.46. The molecule has 0 amide bonds. The quantitative estimate of drug-likeness (QED) is 0.701. The summed E-state index contributed by atoms with van der Waals surface area (Å²) < 4.78 is 0. The highest BCUT2D eigenvalue weighted by Gasteiger charge is 2.47. The molecule has 0 bridgehead atoms. The third kappa shape index (κ3) is 2.05. The zero-order chi connectivity index (χ0) is 10.1. The van der Waals surface area contributed by atoms with Crippen molar-refractivity contribution in [3.8, 4) is 0 Å². The molecule has 2 nitrogen and oxygen atoms in total. The summed E-state index contributed by atoms with van der Waals surface area (Å²) in [5, 5.41) is 10.2. The van der Waals surface area contributed by atoms with E-state index in [4.69, 9.17) is 5.73 Å². The molecule has 1 saturated carbocycles. The Kier molecular flexibility index (Phi) is 3.36. The highest BCUT2D eigenvalue weighted by atomic mass is 16.3. The highest BCUT2D eigenvalue weighted by Crippen LogP contribution is 2.46. The molecule has 1 atom stereocenters. The third-order valence-electron chi connectivity index (χ3n) is 3.71. The normalized spacial score (nSPS) is 36.0. The Morgan fingerprint density at radius 3 is 2.31 bits per heavy atom. The maximum absolute atomic E-state index is 10.2. The van der Waals surface area contributed by atoms with Gasteiger partial charge >= 0.3 is 0 Å². The lowest BCUT2D eigenvalue weighted by atomic mass is 9.60. The van der Waals surface area contributed by atoms with Gasteiger partial charge in [-0.25, -0.2) is 0 Å². The van der Waals surface area contributed by atoms with Crippen molar-refractivity contribution in [2.75, 3.05) is 6.54 Å². The molecule has 0 aromatic carbocycles. The Morgan fingerprint density at radius 1 is 1.46 bits per heavy atom. The van der Waals surface area contributed by atoms with Crippen LogP contribution in [0, 0.1) is 17.8 Å². The van der Waals surface area contributed by atoms with Crippen LogP contribution in [0.5, 0.6) is 0 Å². The molecule has 0 saturated heterocycles. The summed E-state index contributed by atoms with van der Waals surface area (Å²) in [7, 11) is 0. The third-order valence-corrected chi connectivity index (χ3v) is 3.71. The van der Waals surface area contributed by atoms with Crippen LogP contribution in [-0.4, -0.2) is 17.3 Å². The first-order valence-electron chi connectivity index (χ1n) is 5.46. The molecule has 0 aliphatic heterocycles. The minimum absolute atomic E-state index is 0.308. The molecule has 1 rings (SSSR count). The van der Waals surface area contributed by atoms with E-state index in [0.29, 0.717) is 24.3 Å². The van der Waals surface area contributed by atoms with E-state index in [1.807, 2.05) is 0 Å². The first-order chi connectivity index (χ1) is 6.03. The zero-order valence-corrected chi connectivity index (χ0v) is 9.09. The van der Waals surface area contributed by atoms with E-state index >= 15 is 0 Å². The minimum Gasteiger partial charge on any atom is -0.390 e. The summed E-state index contributed by atoms with van der Waals surface area (Å²) in [5.41, 5.74) is 5.21. The number of nitrogens with two attached hydrogens (primary N) is 1. The van der Waals surface area contributed by atoms with Crippen LogP contribution in [0.1, 0.15) is 40.0 Å². The SMILES string of the molecule is CCC(CN)C1(O)CC(C(C)C)C1. The lowest BCUT2D eigenvalue weighted by Gasteiger charge is -2.50. The molecule has 1 fully saturated rings. The number of aliphatic hydroxyl groups is 1. The summed E-state index contributed by atoms with van der Waals surface area (Å²) >= 11 is 0. The average molecular weight is 185 g/mol. The molecule has 78 valence electrons. The van der Waals surface area contributed by atoms with Gasteiger partial charge in [-0.1, -0.05) is 20.8 Å². The summed E-state index contributed by atoms with van der Waals surface area (Å²) in [4.78, 5) is 0. The minimum atomic E-state index is -0.432. The topological polar surface area (TPSA) is 46.2 Å². The Morgan fingerprint density at radius 2 is 2.00 bits per heavy atom. The van der Waals surface area contributed by atoms with Gasteiger partial charge in [-0.05, 0) is 43.6 Å². The Hall–Kier alpha value is -0.0800. The van der Waals surface area contributed by atoms with Gasteiger partial charge in [-0.2, -0.15) is 0 Å². The second-order valence-electron chi connectivity index (χ2n) is 4.86. The summed E-state index contributed by atoms with van der Waals surface area (Å²) in [6.07, 6.45) is 2.92. The van der Waals surface area contributed by atoms with Crippen LogP contribution < -0.4 is 5.73 Å². The average Bonchev–Trinajstić information content (AvgIpc) is 2.01. The van der Waals surface area contributed by atoms with Crippen molar-refractivity contribution in [2.45, 2.75) is 45.6 Å². The van der Waals surface area contributed by atoms with Crippen molar-refractivity contribution in [3.05, 3.63) is 0 Å². The molecule has 0 spiro atoms. The smallest absolute Gasteiger partial charge is 0.0693 e. The Bertz CT molecular complexity index is 157. The van der Waals surface area contributed by atoms with E-state index < -0.39 is 5.60 Å².